The molecule has 0 radical (unpaired) electrons. The summed E-state index contributed by atoms with van der Waals surface area (Å²) < 4.78 is 46.2. The summed E-state index contributed by atoms with van der Waals surface area (Å²) >= 11 is 0. The van der Waals surface area contributed by atoms with Crippen LogP contribution in [0, 0.1) is 0 Å². The van der Waals surface area contributed by atoms with Gasteiger partial charge in [-0.1, -0.05) is 30.3 Å². The predicted molar refractivity (Wildman–Crippen MR) is 122 cm³/mol. The predicted octanol–water partition coefficient (Wildman–Crippen LogP) is 3.38. The van der Waals surface area contributed by atoms with Gasteiger partial charge in [0.2, 0.25) is 10.0 Å². The zero-order chi connectivity index (χ0) is 22.7. The van der Waals surface area contributed by atoms with Gasteiger partial charge >= 0.3 is 5.97 Å². The zero-order valence-electron chi connectivity index (χ0n) is 17.5. The number of carbonyl (C=O) groups is 1. The molecule has 0 amide bonds. The van der Waals surface area contributed by atoms with Crippen LogP contribution in [0.15, 0.2) is 57.8 Å². The second-order valence-corrected chi connectivity index (χ2v) is 11.2. The van der Waals surface area contributed by atoms with Crippen LogP contribution in [0.25, 0.3) is 11.0 Å². The maximum atomic E-state index is 12.9. The van der Waals surface area contributed by atoms with Crippen molar-refractivity contribution in [3.63, 3.8) is 0 Å². The molecule has 0 saturated carbocycles. The van der Waals surface area contributed by atoms with E-state index in [-0.39, 0.29) is 17.1 Å². The van der Waals surface area contributed by atoms with Gasteiger partial charge in [0.15, 0.2) is 0 Å². The Morgan fingerprint density at radius 1 is 1.12 bits per heavy atom. The molecular weight excluding hydrogens is 450 g/mol. The summed E-state index contributed by atoms with van der Waals surface area (Å²) in [5.41, 5.74) is 2.51. The molecule has 0 fully saturated rings. The van der Waals surface area contributed by atoms with Gasteiger partial charge in [-0.15, -0.1) is 0 Å². The summed E-state index contributed by atoms with van der Waals surface area (Å²) in [5.74, 6) is -0.0455. The number of hydrogen-bond acceptors (Lipinski definition) is 5. The van der Waals surface area contributed by atoms with Gasteiger partial charge in [-0.05, 0) is 43.4 Å². The Labute approximate surface area is 189 Å². The van der Waals surface area contributed by atoms with E-state index in [1.54, 1.807) is 6.07 Å². The topological polar surface area (TPSA) is 114 Å². The molecule has 1 aliphatic rings. The summed E-state index contributed by atoms with van der Waals surface area (Å²) in [7, 11) is -5.40. The Bertz CT molecular complexity index is 1250. The molecule has 7 nitrogen and oxygen atoms in total. The highest BCUT2D eigenvalue weighted by molar-refractivity contribution is 7.89. The van der Waals surface area contributed by atoms with Crippen molar-refractivity contribution in [2.45, 2.75) is 48.8 Å². The Balaban J connectivity index is 1.46. The Kier molecular flexibility index (Phi) is 6.78. The first-order valence-corrected chi connectivity index (χ1v) is 13.5. The fourth-order valence-corrected chi connectivity index (χ4v) is 6.43. The van der Waals surface area contributed by atoms with Gasteiger partial charge < -0.3 is 9.52 Å². The third-order valence-electron chi connectivity index (χ3n) is 5.64. The average molecular weight is 476 g/mol. The summed E-state index contributed by atoms with van der Waals surface area (Å²) in [6.45, 7) is 0. The maximum Gasteiger partial charge on any atom is 0.321 e. The fraction of sp³-hybridized carbons (Fsp3) is 0.348. The summed E-state index contributed by atoms with van der Waals surface area (Å²) in [6.07, 6.45) is 3.80. The molecule has 4 rings (SSSR count). The first-order valence-electron chi connectivity index (χ1n) is 10.5. The minimum absolute atomic E-state index is 0.0484. The number of carboxylic acid groups (broad SMARTS) is 1. The molecule has 3 aromatic rings. The molecule has 2 N–H and O–H groups in total. The lowest BCUT2D eigenvalue weighted by molar-refractivity contribution is -0.139. The van der Waals surface area contributed by atoms with Gasteiger partial charge in [0.05, 0.1) is 4.90 Å². The third-order valence-corrected chi connectivity index (χ3v) is 8.45. The molecule has 1 heterocycles. The highest BCUT2D eigenvalue weighted by atomic mass is 32.2. The van der Waals surface area contributed by atoms with Crippen molar-refractivity contribution in [3.8, 4) is 0 Å². The number of aliphatic carboxylic acids is 1. The van der Waals surface area contributed by atoms with Crippen molar-refractivity contribution >= 4 is 37.8 Å². The standard InChI is InChI=1S/C23H25NO6S2/c25-23(26)20(12-13-31(27)15-16-6-2-1-3-7-16)24-32(28,29)17-10-11-19-18-8-4-5-9-21(18)30-22(19)14-17/h1-3,6-7,10-11,14,20,24H,4-5,8-9,12-13,15H2,(H,25,26)/t20-,31?/m1/s1. The SMILES string of the molecule is O=C(O)[C@@H](CCS(=O)Cc1ccccc1)NS(=O)(=O)c1ccc2c3c(oc2c1)CCCC3. The molecule has 0 spiro atoms. The van der Waals surface area contributed by atoms with Crippen LogP contribution < -0.4 is 4.72 Å². The molecule has 1 aromatic heterocycles. The summed E-state index contributed by atoms with van der Waals surface area (Å²) in [5, 5.41) is 10.4. The molecule has 32 heavy (non-hydrogen) atoms. The summed E-state index contributed by atoms with van der Waals surface area (Å²) in [4.78, 5) is 11.6. The molecule has 2 aromatic carbocycles. The van der Waals surface area contributed by atoms with Gasteiger partial charge in [0, 0.05) is 45.7 Å². The minimum Gasteiger partial charge on any atom is -0.480 e. The van der Waals surface area contributed by atoms with Gasteiger partial charge in [-0.3, -0.25) is 9.00 Å². The van der Waals surface area contributed by atoms with E-state index in [1.165, 1.54) is 12.1 Å². The zero-order valence-corrected chi connectivity index (χ0v) is 19.1. The third kappa shape index (κ3) is 5.11. The number of sulfonamides is 1. The molecule has 0 saturated heterocycles. The number of benzene rings is 2. The lowest BCUT2D eigenvalue weighted by Gasteiger charge is -2.15. The Morgan fingerprint density at radius 2 is 1.88 bits per heavy atom. The average Bonchev–Trinajstić information content (AvgIpc) is 3.15. The van der Waals surface area contributed by atoms with E-state index in [0.29, 0.717) is 11.3 Å². The second kappa shape index (κ2) is 9.56. The van der Waals surface area contributed by atoms with Crippen molar-refractivity contribution in [3.05, 3.63) is 65.4 Å². The van der Waals surface area contributed by atoms with E-state index in [9.17, 15) is 22.5 Å². The van der Waals surface area contributed by atoms with Gasteiger partial charge in [0.1, 0.15) is 17.4 Å². The monoisotopic (exact) mass is 475 g/mol. The van der Waals surface area contributed by atoms with Crippen LogP contribution in [0.1, 0.15) is 36.1 Å². The minimum atomic E-state index is -4.09. The maximum absolute atomic E-state index is 12.9. The van der Waals surface area contributed by atoms with Crippen molar-refractivity contribution < 1.29 is 26.9 Å². The number of carboxylic acids is 1. The van der Waals surface area contributed by atoms with Crippen molar-refractivity contribution in [1.29, 1.82) is 0 Å². The highest BCUT2D eigenvalue weighted by Gasteiger charge is 2.27. The molecule has 9 heteroatoms. The molecule has 0 bridgehead atoms. The lowest BCUT2D eigenvalue weighted by Crippen LogP contribution is -2.41. The number of rotatable bonds is 9. The van der Waals surface area contributed by atoms with Crippen LogP contribution in [0.5, 0.6) is 0 Å². The van der Waals surface area contributed by atoms with Crippen molar-refractivity contribution in [1.82, 2.24) is 4.72 Å². The summed E-state index contributed by atoms with van der Waals surface area (Å²) in [6, 6.07) is 12.5. The van der Waals surface area contributed by atoms with E-state index in [1.807, 2.05) is 30.3 Å². The van der Waals surface area contributed by atoms with Gasteiger partial charge in [-0.2, -0.15) is 4.72 Å². The largest absolute Gasteiger partial charge is 0.480 e. The smallest absolute Gasteiger partial charge is 0.321 e. The normalized spacial score (nSPS) is 15.9. The Morgan fingerprint density at radius 3 is 2.62 bits per heavy atom. The van der Waals surface area contributed by atoms with E-state index >= 15 is 0 Å². The van der Waals surface area contributed by atoms with Crippen LogP contribution >= 0.6 is 0 Å². The van der Waals surface area contributed by atoms with E-state index < -0.39 is 32.8 Å². The fourth-order valence-electron chi connectivity index (χ4n) is 3.98. The van der Waals surface area contributed by atoms with Crippen LogP contribution in [0.3, 0.4) is 0 Å². The number of hydrogen-bond donors (Lipinski definition) is 2. The molecular formula is C23H25NO6S2. The van der Waals surface area contributed by atoms with Crippen LogP contribution in [0.2, 0.25) is 0 Å². The lowest BCUT2D eigenvalue weighted by atomic mass is 9.96. The Hall–Kier alpha value is -2.49. The molecule has 1 aliphatic carbocycles. The number of nitrogens with one attached hydrogen (secondary N) is 1. The quantitative estimate of drug-likeness (QED) is 0.490. The number of fused-ring (bicyclic) bond motifs is 3. The number of aryl methyl sites for hydroxylation is 2. The second-order valence-electron chi connectivity index (χ2n) is 7.94. The van der Waals surface area contributed by atoms with Crippen molar-refractivity contribution in [2.75, 3.05) is 5.75 Å². The van der Waals surface area contributed by atoms with Crippen LogP contribution in [0.4, 0.5) is 0 Å². The number of furan rings is 1. The van der Waals surface area contributed by atoms with E-state index in [0.717, 1.165) is 48.0 Å². The van der Waals surface area contributed by atoms with E-state index in [2.05, 4.69) is 4.72 Å². The van der Waals surface area contributed by atoms with E-state index in [4.69, 9.17) is 4.42 Å². The molecule has 2 atom stereocenters. The molecule has 1 unspecified atom stereocenters. The molecule has 170 valence electrons. The van der Waals surface area contributed by atoms with Gasteiger partial charge in [0.25, 0.3) is 0 Å². The first kappa shape index (κ1) is 22.7. The first-order chi connectivity index (χ1) is 15.3. The van der Waals surface area contributed by atoms with Crippen LogP contribution in [-0.2, 0) is 44.2 Å². The van der Waals surface area contributed by atoms with Crippen molar-refractivity contribution in [2.24, 2.45) is 0 Å². The highest BCUT2D eigenvalue weighted by Crippen LogP contribution is 2.33. The van der Waals surface area contributed by atoms with Gasteiger partial charge in [-0.25, -0.2) is 8.42 Å². The molecule has 0 aliphatic heterocycles. The van der Waals surface area contributed by atoms with Crippen LogP contribution in [-0.4, -0.2) is 35.5 Å².